The zero-order valence-corrected chi connectivity index (χ0v) is 14.2. The number of aryl methyl sites for hydroxylation is 2. The number of carbonyl (C=O) groups is 1. The molecule has 0 aliphatic heterocycles. The Kier molecular flexibility index (Phi) is 3.79. The maximum atomic E-state index is 12.3. The molecule has 0 radical (unpaired) electrons. The Balaban J connectivity index is 1.31. The Morgan fingerprint density at radius 2 is 2.25 bits per heavy atom. The molecule has 0 saturated heterocycles. The second-order valence-electron chi connectivity index (χ2n) is 7.06. The molecule has 1 aromatic carbocycles. The minimum absolute atomic E-state index is 0.0485. The summed E-state index contributed by atoms with van der Waals surface area (Å²) in [5, 5.41) is 7.02. The molecule has 1 N–H and O–H groups in total. The number of aromatic nitrogens is 1. The van der Waals surface area contributed by atoms with Crippen LogP contribution in [0, 0.1) is 18.8 Å². The van der Waals surface area contributed by atoms with Gasteiger partial charge >= 0.3 is 6.03 Å². The zero-order valence-electron chi connectivity index (χ0n) is 14.2. The number of carbonyl (C=O) groups excluding carboxylic acids is 1. The molecule has 1 heterocycles. The number of rotatable bonds is 4. The van der Waals surface area contributed by atoms with Gasteiger partial charge in [0.1, 0.15) is 11.5 Å². The van der Waals surface area contributed by atoms with E-state index in [-0.39, 0.29) is 6.03 Å². The van der Waals surface area contributed by atoms with Crippen LogP contribution in [0.5, 0.6) is 0 Å². The molecule has 3 atom stereocenters. The number of amides is 2. The van der Waals surface area contributed by atoms with Crippen LogP contribution in [0.1, 0.15) is 34.9 Å². The van der Waals surface area contributed by atoms with E-state index in [1.807, 2.05) is 13.0 Å². The topological polar surface area (TPSA) is 58.4 Å². The van der Waals surface area contributed by atoms with Gasteiger partial charge in [-0.2, -0.15) is 0 Å². The highest BCUT2D eigenvalue weighted by Gasteiger charge is 2.52. The van der Waals surface area contributed by atoms with Crippen molar-refractivity contribution >= 4 is 6.03 Å². The zero-order chi connectivity index (χ0) is 16.7. The first-order valence-corrected chi connectivity index (χ1v) is 8.62. The largest absolute Gasteiger partial charge is 0.361 e. The lowest BCUT2D eigenvalue weighted by Gasteiger charge is -2.16. The molecule has 1 saturated carbocycles. The first kappa shape index (κ1) is 15.2. The van der Waals surface area contributed by atoms with E-state index >= 15 is 0 Å². The minimum Gasteiger partial charge on any atom is -0.361 e. The van der Waals surface area contributed by atoms with E-state index in [2.05, 4.69) is 34.7 Å². The molecule has 5 heteroatoms. The molecule has 2 aromatic rings. The molecule has 2 aliphatic carbocycles. The summed E-state index contributed by atoms with van der Waals surface area (Å²) >= 11 is 0. The van der Waals surface area contributed by atoms with Gasteiger partial charge in [-0.05, 0) is 48.6 Å². The average molecular weight is 325 g/mol. The maximum absolute atomic E-state index is 12.3. The van der Waals surface area contributed by atoms with E-state index in [0.29, 0.717) is 18.4 Å². The molecule has 0 bridgehead atoms. The number of benzene rings is 1. The number of urea groups is 1. The number of hydrogen-bond donors (Lipinski definition) is 1. The minimum atomic E-state index is -0.0485. The molecule has 24 heavy (non-hydrogen) atoms. The molecule has 1 aromatic heterocycles. The molecule has 2 aliphatic rings. The van der Waals surface area contributed by atoms with Crippen molar-refractivity contribution in [2.24, 2.45) is 11.8 Å². The van der Waals surface area contributed by atoms with Crippen LogP contribution in [0.2, 0.25) is 0 Å². The van der Waals surface area contributed by atoms with E-state index in [1.165, 1.54) is 24.0 Å². The third-order valence-corrected chi connectivity index (χ3v) is 5.40. The van der Waals surface area contributed by atoms with Crippen molar-refractivity contribution in [3.63, 3.8) is 0 Å². The maximum Gasteiger partial charge on any atom is 0.317 e. The monoisotopic (exact) mass is 325 g/mol. The Morgan fingerprint density at radius 1 is 1.42 bits per heavy atom. The highest BCUT2D eigenvalue weighted by molar-refractivity contribution is 5.73. The number of hydrogen-bond acceptors (Lipinski definition) is 3. The Labute approximate surface area is 142 Å². The van der Waals surface area contributed by atoms with Crippen molar-refractivity contribution in [2.75, 3.05) is 13.6 Å². The van der Waals surface area contributed by atoms with Crippen LogP contribution in [-0.4, -0.2) is 29.7 Å². The molecule has 0 spiro atoms. The van der Waals surface area contributed by atoms with Gasteiger partial charge in [0, 0.05) is 19.7 Å². The number of nitrogens with one attached hydrogen (secondary N) is 1. The first-order chi connectivity index (χ1) is 11.6. The normalized spacial score (nSPS) is 24.0. The van der Waals surface area contributed by atoms with Crippen molar-refractivity contribution in [3.05, 3.63) is 52.9 Å². The fourth-order valence-electron chi connectivity index (χ4n) is 4.13. The summed E-state index contributed by atoms with van der Waals surface area (Å²) in [6.07, 6.45) is 2.42. The molecule has 4 rings (SSSR count). The smallest absolute Gasteiger partial charge is 0.317 e. The molecule has 5 nitrogen and oxygen atoms in total. The van der Waals surface area contributed by atoms with Crippen LogP contribution in [-0.2, 0) is 13.0 Å². The molecular formula is C19H23N3O2. The van der Waals surface area contributed by atoms with Crippen LogP contribution < -0.4 is 5.32 Å². The lowest BCUT2D eigenvalue weighted by Crippen LogP contribution is -2.38. The van der Waals surface area contributed by atoms with Gasteiger partial charge in [-0.1, -0.05) is 29.4 Å². The summed E-state index contributed by atoms with van der Waals surface area (Å²) < 4.78 is 5.04. The predicted octanol–water partition coefficient (Wildman–Crippen LogP) is 3.10. The molecule has 0 unspecified atom stereocenters. The quantitative estimate of drug-likeness (QED) is 0.940. The number of nitrogens with zero attached hydrogens (tertiary/aromatic N) is 2. The highest BCUT2D eigenvalue weighted by atomic mass is 16.5. The summed E-state index contributed by atoms with van der Waals surface area (Å²) in [5.74, 6) is 2.72. The molecular weight excluding hydrogens is 302 g/mol. The summed E-state index contributed by atoms with van der Waals surface area (Å²) in [4.78, 5) is 13.9. The third-order valence-electron chi connectivity index (χ3n) is 5.40. The van der Waals surface area contributed by atoms with E-state index in [0.717, 1.165) is 23.9 Å². The lowest BCUT2D eigenvalue weighted by atomic mass is 9.92. The number of fused-ring (bicyclic) bond motifs is 3. The van der Waals surface area contributed by atoms with E-state index in [9.17, 15) is 4.79 Å². The SMILES string of the molecule is Cc1cc(CN(C)C(=O)NC[C@@H]2[C@H]3CCc4ccccc4[C@H]32)no1. The van der Waals surface area contributed by atoms with Gasteiger partial charge in [-0.15, -0.1) is 0 Å². The second kappa shape index (κ2) is 5.96. The fourth-order valence-corrected chi connectivity index (χ4v) is 4.13. The van der Waals surface area contributed by atoms with Gasteiger partial charge < -0.3 is 14.7 Å². The Bertz CT molecular complexity index is 755. The third kappa shape index (κ3) is 2.79. The van der Waals surface area contributed by atoms with Gasteiger partial charge in [-0.3, -0.25) is 0 Å². The van der Waals surface area contributed by atoms with Crippen molar-refractivity contribution in [1.29, 1.82) is 0 Å². The first-order valence-electron chi connectivity index (χ1n) is 8.62. The summed E-state index contributed by atoms with van der Waals surface area (Å²) in [6, 6.07) is 10.6. The van der Waals surface area contributed by atoms with E-state index in [1.54, 1.807) is 11.9 Å². The van der Waals surface area contributed by atoms with Crippen LogP contribution >= 0.6 is 0 Å². The molecule has 1 fully saturated rings. The van der Waals surface area contributed by atoms with Crippen LogP contribution in [0.3, 0.4) is 0 Å². The summed E-state index contributed by atoms with van der Waals surface area (Å²) in [7, 11) is 1.79. The van der Waals surface area contributed by atoms with Crippen molar-refractivity contribution in [3.8, 4) is 0 Å². The Morgan fingerprint density at radius 3 is 3.04 bits per heavy atom. The van der Waals surface area contributed by atoms with Crippen LogP contribution in [0.4, 0.5) is 4.79 Å². The fraction of sp³-hybridized carbons (Fsp3) is 0.474. The Hall–Kier alpha value is -2.30. The van der Waals surface area contributed by atoms with Gasteiger partial charge in [0.25, 0.3) is 0 Å². The summed E-state index contributed by atoms with van der Waals surface area (Å²) in [6.45, 7) is 3.07. The standard InChI is InChI=1S/C19H23N3O2/c1-12-9-14(21-24-12)11-22(2)19(23)20-10-17-16-8-7-13-5-3-4-6-15(13)18(16)17/h3-6,9,16-18H,7-8,10-11H2,1-2H3,(H,20,23)/t16-,17-,18-/m1/s1. The van der Waals surface area contributed by atoms with Gasteiger partial charge in [0.15, 0.2) is 0 Å². The van der Waals surface area contributed by atoms with Crippen LogP contribution in [0.15, 0.2) is 34.9 Å². The van der Waals surface area contributed by atoms with Crippen molar-refractivity contribution in [2.45, 2.75) is 32.2 Å². The van der Waals surface area contributed by atoms with Gasteiger partial charge in [0.05, 0.1) is 6.54 Å². The molecule has 126 valence electrons. The average Bonchev–Trinajstić information content (AvgIpc) is 3.17. The van der Waals surface area contributed by atoms with Crippen LogP contribution in [0.25, 0.3) is 0 Å². The van der Waals surface area contributed by atoms with Gasteiger partial charge in [0.2, 0.25) is 0 Å². The predicted molar refractivity (Wildman–Crippen MR) is 90.6 cm³/mol. The highest BCUT2D eigenvalue weighted by Crippen LogP contribution is 2.59. The van der Waals surface area contributed by atoms with Crippen molar-refractivity contribution in [1.82, 2.24) is 15.4 Å². The van der Waals surface area contributed by atoms with E-state index < -0.39 is 0 Å². The summed E-state index contributed by atoms with van der Waals surface area (Å²) in [5.41, 5.74) is 3.77. The van der Waals surface area contributed by atoms with Gasteiger partial charge in [-0.25, -0.2) is 4.79 Å². The second-order valence-corrected chi connectivity index (χ2v) is 7.06. The van der Waals surface area contributed by atoms with E-state index in [4.69, 9.17) is 4.52 Å². The van der Waals surface area contributed by atoms with Crippen molar-refractivity contribution < 1.29 is 9.32 Å². The lowest BCUT2D eigenvalue weighted by molar-refractivity contribution is 0.205. The molecule has 2 amide bonds.